The predicted octanol–water partition coefficient (Wildman–Crippen LogP) is 3.67. The molecule has 0 aliphatic rings. The number of nitrogens with one attached hydrogen (secondary N) is 2. The number of anilines is 1. The summed E-state index contributed by atoms with van der Waals surface area (Å²) in [5, 5.41) is 17.2. The molecule has 3 aromatic rings. The minimum atomic E-state index is -0.490. The van der Waals surface area contributed by atoms with Gasteiger partial charge < -0.3 is 5.32 Å². The van der Waals surface area contributed by atoms with E-state index in [1.807, 2.05) is 6.07 Å². The fourth-order valence-electron chi connectivity index (χ4n) is 2.26. The van der Waals surface area contributed by atoms with E-state index in [1.165, 1.54) is 24.4 Å². The van der Waals surface area contributed by atoms with Gasteiger partial charge in [-0.05, 0) is 36.4 Å². The van der Waals surface area contributed by atoms with Gasteiger partial charge >= 0.3 is 5.00 Å². The van der Waals surface area contributed by atoms with E-state index < -0.39 is 10.8 Å². The number of carbonyl (C=O) groups excluding carboxylic acids is 2. The van der Waals surface area contributed by atoms with Crippen LogP contribution in [-0.2, 0) is 0 Å². The van der Waals surface area contributed by atoms with Crippen molar-refractivity contribution in [3.05, 3.63) is 92.8 Å². The molecule has 0 unspecified atom stereocenters. The molecule has 140 valence electrons. The highest BCUT2D eigenvalue weighted by molar-refractivity contribution is 7.16. The zero-order valence-corrected chi connectivity index (χ0v) is 15.2. The standard InChI is InChI=1S/C19H14N4O4S/c24-18(13-5-2-1-3-6-13)21-15-8-4-7-14(11-15)19(25)22-20-12-16-9-10-17(28-16)23(26)27/h1-12H,(H,21,24)(H,22,25). The Labute approximate surface area is 163 Å². The summed E-state index contributed by atoms with van der Waals surface area (Å²) in [6.45, 7) is 0. The zero-order chi connectivity index (χ0) is 19.9. The smallest absolute Gasteiger partial charge is 0.322 e. The average molecular weight is 394 g/mol. The van der Waals surface area contributed by atoms with Crippen molar-refractivity contribution in [2.75, 3.05) is 5.32 Å². The number of hydrogen-bond donors (Lipinski definition) is 2. The number of nitro groups is 1. The molecule has 3 rings (SSSR count). The monoisotopic (exact) mass is 394 g/mol. The van der Waals surface area contributed by atoms with E-state index in [0.29, 0.717) is 21.7 Å². The fraction of sp³-hybridized carbons (Fsp3) is 0. The molecule has 0 saturated heterocycles. The highest BCUT2D eigenvalue weighted by Crippen LogP contribution is 2.22. The average Bonchev–Trinajstić information content (AvgIpc) is 3.18. The maximum Gasteiger partial charge on any atom is 0.324 e. The second-order valence-corrected chi connectivity index (χ2v) is 6.63. The number of rotatable bonds is 6. The number of hydrazone groups is 1. The lowest BCUT2D eigenvalue weighted by molar-refractivity contribution is -0.380. The maximum absolute atomic E-state index is 12.2. The fourth-order valence-corrected chi connectivity index (χ4v) is 2.95. The van der Waals surface area contributed by atoms with Gasteiger partial charge in [0.15, 0.2) is 0 Å². The Hall–Kier alpha value is -3.85. The Kier molecular flexibility index (Phi) is 5.87. The van der Waals surface area contributed by atoms with Crippen LogP contribution in [0.4, 0.5) is 10.7 Å². The number of amides is 2. The molecule has 0 bridgehead atoms. The van der Waals surface area contributed by atoms with Crippen LogP contribution in [0, 0.1) is 10.1 Å². The van der Waals surface area contributed by atoms with Gasteiger partial charge in [-0.1, -0.05) is 35.6 Å². The Bertz CT molecular complexity index is 1050. The summed E-state index contributed by atoms with van der Waals surface area (Å²) in [6, 6.07) is 18.1. The van der Waals surface area contributed by atoms with Crippen LogP contribution in [0.25, 0.3) is 0 Å². The Morgan fingerprint density at radius 2 is 1.71 bits per heavy atom. The molecule has 0 aliphatic carbocycles. The second-order valence-electron chi connectivity index (χ2n) is 5.53. The SMILES string of the molecule is O=C(NN=Cc1ccc([N+](=O)[O-])s1)c1cccc(NC(=O)c2ccccc2)c1. The van der Waals surface area contributed by atoms with Crippen molar-refractivity contribution in [1.82, 2.24) is 5.43 Å². The van der Waals surface area contributed by atoms with Crippen molar-refractivity contribution < 1.29 is 14.5 Å². The number of hydrogen-bond acceptors (Lipinski definition) is 6. The molecule has 2 amide bonds. The van der Waals surface area contributed by atoms with E-state index in [1.54, 1.807) is 42.5 Å². The minimum Gasteiger partial charge on any atom is -0.322 e. The maximum atomic E-state index is 12.2. The quantitative estimate of drug-likeness (QED) is 0.377. The molecule has 0 atom stereocenters. The Morgan fingerprint density at radius 1 is 0.964 bits per heavy atom. The van der Waals surface area contributed by atoms with Crippen molar-refractivity contribution in [3.63, 3.8) is 0 Å². The third kappa shape index (κ3) is 4.86. The second kappa shape index (κ2) is 8.69. The first-order valence-electron chi connectivity index (χ1n) is 8.07. The van der Waals surface area contributed by atoms with E-state index in [2.05, 4.69) is 15.8 Å². The van der Waals surface area contributed by atoms with Crippen LogP contribution in [-0.4, -0.2) is 23.0 Å². The van der Waals surface area contributed by atoms with Crippen LogP contribution in [0.5, 0.6) is 0 Å². The third-order valence-electron chi connectivity index (χ3n) is 3.57. The van der Waals surface area contributed by atoms with Crippen molar-refractivity contribution >= 4 is 40.1 Å². The number of nitrogens with zero attached hydrogens (tertiary/aromatic N) is 2. The number of carbonyl (C=O) groups is 2. The molecule has 1 aromatic heterocycles. The summed E-state index contributed by atoms with van der Waals surface area (Å²) >= 11 is 0.948. The molecule has 0 fully saturated rings. The molecule has 28 heavy (non-hydrogen) atoms. The first kappa shape index (κ1) is 18.9. The van der Waals surface area contributed by atoms with Gasteiger partial charge in [-0.15, -0.1) is 0 Å². The van der Waals surface area contributed by atoms with Gasteiger partial charge in [0.2, 0.25) is 0 Å². The van der Waals surface area contributed by atoms with E-state index in [0.717, 1.165) is 11.3 Å². The third-order valence-corrected chi connectivity index (χ3v) is 4.54. The van der Waals surface area contributed by atoms with E-state index in [4.69, 9.17) is 0 Å². The lowest BCUT2D eigenvalue weighted by atomic mass is 10.1. The van der Waals surface area contributed by atoms with Crippen LogP contribution < -0.4 is 10.7 Å². The highest BCUT2D eigenvalue weighted by Gasteiger charge is 2.10. The first-order chi connectivity index (χ1) is 13.5. The van der Waals surface area contributed by atoms with E-state index in [9.17, 15) is 19.7 Å². The van der Waals surface area contributed by atoms with Gasteiger partial charge in [-0.2, -0.15) is 5.10 Å². The zero-order valence-electron chi connectivity index (χ0n) is 14.4. The van der Waals surface area contributed by atoms with Crippen molar-refractivity contribution in [3.8, 4) is 0 Å². The van der Waals surface area contributed by atoms with Crippen LogP contribution in [0.3, 0.4) is 0 Å². The lowest BCUT2D eigenvalue weighted by Gasteiger charge is -2.07. The summed E-state index contributed by atoms with van der Waals surface area (Å²) in [4.78, 5) is 35.1. The summed E-state index contributed by atoms with van der Waals surface area (Å²) in [6.07, 6.45) is 1.33. The lowest BCUT2D eigenvalue weighted by Crippen LogP contribution is -2.18. The molecule has 1 heterocycles. The van der Waals surface area contributed by atoms with Gasteiger partial charge in [0.05, 0.1) is 16.0 Å². The summed E-state index contributed by atoms with van der Waals surface area (Å²) in [5.74, 6) is -0.756. The molecule has 2 N–H and O–H groups in total. The van der Waals surface area contributed by atoms with Crippen molar-refractivity contribution in [2.45, 2.75) is 0 Å². The Morgan fingerprint density at radius 3 is 2.43 bits per heavy atom. The minimum absolute atomic E-state index is 0.00497. The molecule has 0 aliphatic heterocycles. The molecule has 8 nitrogen and oxygen atoms in total. The molecule has 0 spiro atoms. The Balaban J connectivity index is 1.62. The predicted molar refractivity (Wildman–Crippen MR) is 107 cm³/mol. The topological polar surface area (TPSA) is 114 Å². The van der Waals surface area contributed by atoms with Gasteiger partial charge in [0, 0.05) is 22.9 Å². The molecule has 0 saturated carbocycles. The summed E-state index contributed by atoms with van der Waals surface area (Å²) in [5.41, 5.74) is 3.64. The van der Waals surface area contributed by atoms with Gasteiger partial charge in [-0.3, -0.25) is 19.7 Å². The van der Waals surface area contributed by atoms with Crippen molar-refractivity contribution in [1.29, 1.82) is 0 Å². The molecular formula is C19H14N4O4S. The van der Waals surface area contributed by atoms with Crippen LogP contribution in [0.15, 0.2) is 71.8 Å². The molecule has 2 aromatic carbocycles. The summed E-state index contributed by atoms with van der Waals surface area (Å²) in [7, 11) is 0. The van der Waals surface area contributed by atoms with E-state index >= 15 is 0 Å². The number of benzene rings is 2. The van der Waals surface area contributed by atoms with Crippen LogP contribution in [0.2, 0.25) is 0 Å². The van der Waals surface area contributed by atoms with Crippen LogP contribution in [0.1, 0.15) is 25.6 Å². The first-order valence-corrected chi connectivity index (χ1v) is 8.88. The molecule has 0 radical (unpaired) electrons. The molecule has 9 heteroatoms. The summed E-state index contributed by atoms with van der Waals surface area (Å²) < 4.78 is 0. The van der Waals surface area contributed by atoms with Crippen molar-refractivity contribution in [2.24, 2.45) is 5.10 Å². The van der Waals surface area contributed by atoms with Gasteiger partial charge in [0.25, 0.3) is 11.8 Å². The van der Waals surface area contributed by atoms with E-state index in [-0.39, 0.29) is 10.9 Å². The van der Waals surface area contributed by atoms with Crippen LogP contribution >= 0.6 is 11.3 Å². The highest BCUT2D eigenvalue weighted by atomic mass is 32.1. The normalized spacial score (nSPS) is 10.6. The largest absolute Gasteiger partial charge is 0.324 e. The number of thiophene rings is 1. The van der Waals surface area contributed by atoms with Gasteiger partial charge in [-0.25, -0.2) is 5.43 Å². The molecular weight excluding hydrogens is 380 g/mol. The van der Waals surface area contributed by atoms with Gasteiger partial charge in [0.1, 0.15) is 0 Å².